The zero-order valence-corrected chi connectivity index (χ0v) is 15.3. The molecule has 3 N–H and O–H groups in total. The lowest BCUT2D eigenvalue weighted by Gasteiger charge is -2.11. The second kappa shape index (κ2) is 8.65. The number of thioether (sulfide) groups is 1. The summed E-state index contributed by atoms with van der Waals surface area (Å²) < 4.78 is 0.745. The van der Waals surface area contributed by atoms with Crippen LogP contribution in [0, 0.1) is 0 Å². The molecule has 9 heteroatoms. The van der Waals surface area contributed by atoms with Gasteiger partial charge in [0.2, 0.25) is 16.9 Å². The number of aromatic nitrogens is 2. The number of hydrogen-bond donors (Lipinski definition) is 3. The number of carbonyl (C=O) groups excluding carboxylic acids is 2. The van der Waals surface area contributed by atoms with E-state index in [2.05, 4.69) is 26.1 Å². The lowest BCUT2D eigenvalue weighted by atomic mass is 10.2. The summed E-state index contributed by atoms with van der Waals surface area (Å²) in [6.07, 6.45) is 0. The fourth-order valence-corrected chi connectivity index (χ4v) is 3.73. The molecule has 128 valence electrons. The normalized spacial score (nSPS) is 11.6. The standard InChI is InChI=1S/C15H19N5O2S2/c1-4-16-14-19-20-15(24-14)23-9(2)13(22)18-12-7-5-11(6-8-12)17-10(3)21/h5-9H,4H2,1-3H3,(H,16,19)(H,17,21)(H,18,22)/t9-/m0/s1. The molecule has 2 aromatic rings. The summed E-state index contributed by atoms with van der Waals surface area (Å²) in [6.45, 7) is 6.04. The maximum absolute atomic E-state index is 12.3. The third-order valence-corrected chi connectivity index (χ3v) is 4.92. The van der Waals surface area contributed by atoms with Crippen LogP contribution in [-0.2, 0) is 9.59 Å². The summed E-state index contributed by atoms with van der Waals surface area (Å²) >= 11 is 2.79. The van der Waals surface area contributed by atoms with Crippen molar-refractivity contribution in [2.75, 3.05) is 22.5 Å². The molecule has 1 aromatic heterocycles. The SMILES string of the molecule is CCNc1nnc(S[C@@H](C)C(=O)Nc2ccc(NC(C)=O)cc2)s1. The van der Waals surface area contributed by atoms with E-state index in [9.17, 15) is 9.59 Å². The van der Waals surface area contributed by atoms with Gasteiger partial charge in [-0.05, 0) is 38.1 Å². The van der Waals surface area contributed by atoms with Gasteiger partial charge in [0.05, 0.1) is 5.25 Å². The highest BCUT2D eigenvalue weighted by Gasteiger charge is 2.17. The van der Waals surface area contributed by atoms with Crippen molar-refractivity contribution in [3.63, 3.8) is 0 Å². The van der Waals surface area contributed by atoms with Gasteiger partial charge in [-0.3, -0.25) is 9.59 Å². The Bertz CT molecular complexity index is 702. The first-order chi connectivity index (χ1) is 11.5. The van der Waals surface area contributed by atoms with E-state index in [0.717, 1.165) is 16.0 Å². The van der Waals surface area contributed by atoms with E-state index in [-0.39, 0.29) is 17.1 Å². The van der Waals surface area contributed by atoms with E-state index in [1.165, 1.54) is 30.0 Å². The molecular formula is C15H19N5O2S2. The number of anilines is 3. The van der Waals surface area contributed by atoms with Crippen LogP contribution in [0.3, 0.4) is 0 Å². The molecule has 0 fully saturated rings. The van der Waals surface area contributed by atoms with E-state index in [1.54, 1.807) is 24.3 Å². The van der Waals surface area contributed by atoms with Crippen LogP contribution in [0.25, 0.3) is 0 Å². The first kappa shape index (κ1) is 18.2. The molecule has 0 aliphatic heterocycles. The van der Waals surface area contributed by atoms with Gasteiger partial charge in [-0.25, -0.2) is 0 Å². The summed E-state index contributed by atoms with van der Waals surface area (Å²) in [5.41, 5.74) is 1.36. The van der Waals surface area contributed by atoms with E-state index in [0.29, 0.717) is 11.4 Å². The molecule has 0 aliphatic rings. The molecule has 2 rings (SSSR count). The Morgan fingerprint density at radius 3 is 2.38 bits per heavy atom. The van der Waals surface area contributed by atoms with Crippen molar-refractivity contribution in [2.24, 2.45) is 0 Å². The van der Waals surface area contributed by atoms with Gasteiger partial charge in [0.1, 0.15) is 0 Å². The number of carbonyl (C=O) groups is 2. The van der Waals surface area contributed by atoms with Crippen LogP contribution >= 0.6 is 23.1 Å². The molecule has 24 heavy (non-hydrogen) atoms. The lowest BCUT2D eigenvalue weighted by Crippen LogP contribution is -2.22. The zero-order valence-electron chi connectivity index (χ0n) is 13.6. The molecule has 7 nitrogen and oxygen atoms in total. The molecule has 0 aliphatic carbocycles. The third-order valence-electron chi connectivity index (χ3n) is 2.85. The molecule has 0 radical (unpaired) electrons. The van der Waals surface area contributed by atoms with Crippen molar-refractivity contribution in [2.45, 2.75) is 30.4 Å². The molecule has 0 saturated carbocycles. The molecular weight excluding hydrogens is 346 g/mol. The molecule has 0 unspecified atom stereocenters. The van der Waals surface area contributed by atoms with Crippen LogP contribution in [0.5, 0.6) is 0 Å². The van der Waals surface area contributed by atoms with Crippen LogP contribution in [0.15, 0.2) is 28.6 Å². The monoisotopic (exact) mass is 365 g/mol. The Morgan fingerprint density at radius 2 is 1.79 bits per heavy atom. The fourth-order valence-electron chi connectivity index (χ4n) is 1.77. The number of rotatable bonds is 7. The second-order valence-electron chi connectivity index (χ2n) is 4.91. The average Bonchev–Trinajstić information content (AvgIpc) is 2.96. The Kier molecular flexibility index (Phi) is 6.56. The molecule has 0 saturated heterocycles. The highest BCUT2D eigenvalue weighted by atomic mass is 32.2. The van der Waals surface area contributed by atoms with E-state index < -0.39 is 0 Å². The molecule has 2 amide bonds. The number of nitrogens with one attached hydrogen (secondary N) is 3. The van der Waals surface area contributed by atoms with Gasteiger partial charge in [0, 0.05) is 24.8 Å². The van der Waals surface area contributed by atoms with E-state index in [1.807, 2.05) is 13.8 Å². The first-order valence-corrected chi connectivity index (χ1v) is 9.10. The number of nitrogens with zero attached hydrogens (tertiary/aromatic N) is 2. The highest BCUT2D eigenvalue weighted by Crippen LogP contribution is 2.29. The Hall–Kier alpha value is -2.13. The molecule has 0 spiro atoms. The number of benzene rings is 1. The van der Waals surface area contributed by atoms with Gasteiger partial charge in [-0.2, -0.15) is 0 Å². The van der Waals surface area contributed by atoms with Crippen LogP contribution < -0.4 is 16.0 Å². The number of hydrogen-bond acceptors (Lipinski definition) is 7. The lowest BCUT2D eigenvalue weighted by molar-refractivity contribution is -0.115. The summed E-state index contributed by atoms with van der Waals surface area (Å²) in [5, 5.41) is 17.1. The molecule has 1 aromatic carbocycles. The topological polar surface area (TPSA) is 96.0 Å². The highest BCUT2D eigenvalue weighted by molar-refractivity contribution is 8.02. The zero-order chi connectivity index (χ0) is 17.5. The minimum absolute atomic E-state index is 0.118. The summed E-state index contributed by atoms with van der Waals surface area (Å²) in [7, 11) is 0. The summed E-state index contributed by atoms with van der Waals surface area (Å²) in [4.78, 5) is 23.2. The summed E-state index contributed by atoms with van der Waals surface area (Å²) in [6, 6.07) is 6.97. The van der Waals surface area contributed by atoms with Gasteiger partial charge in [-0.15, -0.1) is 10.2 Å². The minimum Gasteiger partial charge on any atom is -0.360 e. The van der Waals surface area contributed by atoms with Crippen LogP contribution in [0.2, 0.25) is 0 Å². The molecule has 0 bridgehead atoms. The van der Waals surface area contributed by atoms with Crippen molar-refractivity contribution in [3.8, 4) is 0 Å². The number of amides is 2. The predicted molar refractivity (Wildman–Crippen MR) is 98.8 cm³/mol. The average molecular weight is 365 g/mol. The summed E-state index contributed by atoms with van der Waals surface area (Å²) in [5.74, 6) is -0.252. The molecule has 1 heterocycles. The van der Waals surface area contributed by atoms with Crippen molar-refractivity contribution >= 4 is 51.4 Å². The Balaban J connectivity index is 1.89. The third kappa shape index (κ3) is 5.50. The molecule has 1 atom stereocenters. The fraction of sp³-hybridized carbons (Fsp3) is 0.333. The van der Waals surface area contributed by atoms with Gasteiger partial charge >= 0.3 is 0 Å². The van der Waals surface area contributed by atoms with Gasteiger partial charge < -0.3 is 16.0 Å². The van der Waals surface area contributed by atoms with Gasteiger partial charge in [0.25, 0.3) is 0 Å². The Morgan fingerprint density at radius 1 is 1.17 bits per heavy atom. The Labute approximate surface area is 148 Å². The van der Waals surface area contributed by atoms with Crippen LogP contribution in [0.4, 0.5) is 16.5 Å². The van der Waals surface area contributed by atoms with Crippen molar-refractivity contribution in [1.29, 1.82) is 0 Å². The first-order valence-electron chi connectivity index (χ1n) is 7.40. The van der Waals surface area contributed by atoms with Gasteiger partial charge in [-0.1, -0.05) is 23.1 Å². The van der Waals surface area contributed by atoms with E-state index >= 15 is 0 Å². The largest absolute Gasteiger partial charge is 0.360 e. The van der Waals surface area contributed by atoms with Crippen molar-refractivity contribution in [1.82, 2.24) is 10.2 Å². The van der Waals surface area contributed by atoms with E-state index in [4.69, 9.17) is 0 Å². The van der Waals surface area contributed by atoms with Gasteiger partial charge in [0.15, 0.2) is 4.34 Å². The van der Waals surface area contributed by atoms with Crippen molar-refractivity contribution < 1.29 is 9.59 Å². The van der Waals surface area contributed by atoms with Crippen molar-refractivity contribution in [3.05, 3.63) is 24.3 Å². The predicted octanol–water partition coefficient (Wildman–Crippen LogP) is 3.05. The second-order valence-corrected chi connectivity index (χ2v) is 7.48. The van der Waals surface area contributed by atoms with Crippen LogP contribution in [0.1, 0.15) is 20.8 Å². The smallest absolute Gasteiger partial charge is 0.237 e. The maximum Gasteiger partial charge on any atom is 0.237 e. The van der Waals surface area contributed by atoms with Crippen LogP contribution in [-0.4, -0.2) is 33.8 Å². The quantitative estimate of drug-likeness (QED) is 0.653. The maximum atomic E-state index is 12.3. The minimum atomic E-state index is -0.303.